The number of fused-ring (bicyclic) bond motifs is 1. The Morgan fingerprint density at radius 3 is 2.50 bits per heavy atom. The Balaban J connectivity index is 1.39. The van der Waals surface area contributed by atoms with Gasteiger partial charge in [-0.25, -0.2) is 4.39 Å². The fourth-order valence-corrected chi connectivity index (χ4v) is 6.47. The Kier molecular flexibility index (Phi) is 8.75. The molecular weight excluding hydrogens is 557 g/mol. The van der Waals surface area contributed by atoms with Crippen LogP contribution in [-0.2, 0) is 25.2 Å². The molecule has 1 aliphatic heterocycles. The topological polar surface area (TPSA) is 114 Å². The van der Waals surface area contributed by atoms with E-state index in [2.05, 4.69) is 10.6 Å². The summed E-state index contributed by atoms with van der Waals surface area (Å²) < 4.78 is 37.1. The molecule has 0 bridgehead atoms. The van der Waals surface area contributed by atoms with E-state index in [0.29, 0.717) is 27.8 Å². The molecule has 1 aromatic heterocycles. The van der Waals surface area contributed by atoms with Crippen molar-refractivity contribution in [2.45, 2.75) is 37.8 Å². The van der Waals surface area contributed by atoms with Gasteiger partial charge in [-0.15, -0.1) is 11.3 Å². The summed E-state index contributed by atoms with van der Waals surface area (Å²) >= 11 is 1.34. The van der Waals surface area contributed by atoms with E-state index in [9.17, 15) is 23.0 Å². The fourth-order valence-electron chi connectivity index (χ4n) is 4.78. The highest BCUT2D eigenvalue weighted by Crippen LogP contribution is 2.39. The van der Waals surface area contributed by atoms with Crippen LogP contribution in [0.3, 0.4) is 0 Å². The summed E-state index contributed by atoms with van der Waals surface area (Å²) in [6.07, 6.45) is 3.79. The van der Waals surface area contributed by atoms with Gasteiger partial charge in [-0.05, 0) is 60.7 Å². The SMILES string of the molecule is O=C(C[S@](=O)CC(=O)N(c1ccc2c(c1)OCO2)[C@@H](C(=O)NC1CCCC1)c1cccs1)Nc1ccc(F)cc1. The molecule has 210 valence electrons. The molecule has 2 atom stereocenters. The molecule has 0 unspecified atom stereocenters. The number of benzene rings is 2. The van der Waals surface area contributed by atoms with Gasteiger partial charge in [-0.2, -0.15) is 0 Å². The smallest absolute Gasteiger partial charge is 0.248 e. The molecule has 12 heteroatoms. The third kappa shape index (κ3) is 6.68. The van der Waals surface area contributed by atoms with E-state index < -0.39 is 46.0 Å². The van der Waals surface area contributed by atoms with Crippen molar-refractivity contribution in [3.8, 4) is 11.5 Å². The van der Waals surface area contributed by atoms with Crippen LogP contribution < -0.4 is 25.0 Å². The van der Waals surface area contributed by atoms with Gasteiger partial charge in [0.15, 0.2) is 11.5 Å². The van der Waals surface area contributed by atoms with E-state index in [1.165, 1.54) is 40.5 Å². The van der Waals surface area contributed by atoms with Crippen molar-refractivity contribution in [1.82, 2.24) is 5.32 Å². The molecule has 1 saturated carbocycles. The molecule has 9 nitrogen and oxygen atoms in total. The zero-order valence-corrected chi connectivity index (χ0v) is 23.1. The Morgan fingerprint density at radius 1 is 1.02 bits per heavy atom. The van der Waals surface area contributed by atoms with Crippen LogP contribution in [-0.4, -0.2) is 46.3 Å². The second kappa shape index (κ2) is 12.6. The second-order valence-corrected chi connectivity index (χ2v) is 11.9. The maximum atomic E-state index is 13.8. The number of carbonyl (C=O) groups is 3. The van der Waals surface area contributed by atoms with Crippen molar-refractivity contribution in [1.29, 1.82) is 0 Å². The lowest BCUT2D eigenvalue weighted by molar-refractivity contribution is -0.126. The summed E-state index contributed by atoms with van der Waals surface area (Å²) in [6, 6.07) is 12.7. The average Bonchev–Trinajstić information content (AvgIpc) is 3.71. The quantitative estimate of drug-likeness (QED) is 0.370. The van der Waals surface area contributed by atoms with Crippen LogP contribution >= 0.6 is 11.3 Å². The molecule has 0 spiro atoms. The minimum atomic E-state index is -1.89. The maximum Gasteiger partial charge on any atom is 0.248 e. The number of carbonyl (C=O) groups excluding carboxylic acids is 3. The minimum Gasteiger partial charge on any atom is -0.454 e. The molecule has 1 fully saturated rings. The first-order valence-electron chi connectivity index (χ1n) is 12.8. The maximum absolute atomic E-state index is 13.8. The molecule has 1 aliphatic carbocycles. The van der Waals surface area contributed by atoms with Gasteiger partial charge < -0.3 is 20.1 Å². The Bertz CT molecular complexity index is 1390. The zero-order chi connectivity index (χ0) is 28.1. The van der Waals surface area contributed by atoms with Crippen LogP contribution in [0.5, 0.6) is 11.5 Å². The lowest BCUT2D eigenvalue weighted by Crippen LogP contribution is -2.47. The molecule has 2 aromatic carbocycles. The third-order valence-electron chi connectivity index (χ3n) is 6.63. The van der Waals surface area contributed by atoms with E-state index in [4.69, 9.17) is 9.47 Å². The molecular formula is C28H28FN3O6S2. The van der Waals surface area contributed by atoms with E-state index in [1.54, 1.807) is 30.3 Å². The number of anilines is 2. The van der Waals surface area contributed by atoms with Crippen molar-refractivity contribution < 1.29 is 32.5 Å². The highest BCUT2D eigenvalue weighted by atomic mass is 32.2. The first kappa shape index (κ1) is 27.8. The molecule has 2 aliphatic rings. The van der Waals surface area contributed by atoms with Gasteiger partial charge in [-0.3, -0.25) is 23.5 Å². The van der Waals surface area contributed by atoms with Gasteiger partial charge >= 0.3 is 0 Å². The Morgan fingerprint density at radius 2 is 1.77 bits per heavy atom. The zero-order valence-electron chi connectivity index (χ0n) is 21.5. The standard InChI is InChI=1S/C28H28FN3O6S2/c29-18-7-9-20(10-8-18)30-25(33)15-40(36)16-26(34)32(21-11-12-22-23(14-21)38-17-37-22)27(24-6-3-13-39-24)28(35)31-19-4-1-2-5-19/h3,6-14,19,27H,1-2,4-5,15-17H2,(H,30,33)(H,31,35)/t27-,40+/m1/s1. The number of amides is 3. The second-order valence-electron chi connectivity index (χ2n) is 9.49. The fraction of sp³-hybridized carbons (Fsp3) is 0.321. The summed E-state index contributed by atoms with van der Waals surface area (Å²) in [7, 11) is -1.89. The van der Waals surface area contributed by atoms with E-state index in [1.807, 2.05) is 5.38 Å². The van der Waals surface area contributed by atoms with Crippen LogP contribution in [0.25, 0.3) is 0 Å². The average molecular weight is 586 g/mol. The van der Waals surface area contributed by atoms with Crippen LogP contribution in [0.2, 0.25) is 0 Å². The lowest BCUT2D eigenvalue weighted by atomic mass is 10.1. The number of rotatable bonds is 10. The van der Waals surface area contributed by atoms with Crippen LogP contribution in [0.4, 0.5) is 15.8 Å². The first-order chi connectivity index (χ1) is 19.4. The molecule has 0 saturated heterocycles. The van der Waals surface area contributed by atoms with Crippen molar-refractivity contribution >= 4 is 51.2 Å². The summed E-state index contributed by atoms with van der Waals surface area (Å²) in [4.78, 5) is 42.0. The molecule has 0 radical (unpaired) electrons. The lowest BCUT2D eigenvalue weighted by Gasteiger charge is -2.31. The number of ether oxygens (including phenoxy) is 2. The van der Waals surface area contributed by atoms with E-state index in [0.717, 1.165) is 25.7 Å². The van der Waals surface area contributed by atoms with Crippen LogP contribution in [0.15, 0.2) is 60.0 Å². The molecule has 2 N–H and O–H groups in total. The highest BCUT2D eigenvalue weighted by Gasteiger charge is 2.36. The van der Waals surface area contributed by atoms with Crippen molar-refractivity contribution in [3.05, 3.63) is 70.7 Å². The number of thiophene rings is 1. The van der Waals surface area contributed by atoms with Gasteiger partial charge in [0.25, 0.3) is 0 Å². The van der Waals surface area contributed by atoms with Crippen LogP contribution in [0.1, 0.15) is 36.6 Å². The van der Waals surface area contributed by atoms with Gasteiger partial charge in [0, 0.05) is 39.2 Å². The molecule has 3 aromatic rings. The van der Waals surface area contributed by atoms with Crippen LogP contribution in [0, 0.1) is 5.82 Å². The third-order valence-corrected chi connectivity index (χ3v) is 8.71. The van der Waals surface area contributed by atoms with E-state index in [-0.39, 0.29) is 18.7 Å². The minimum absolute atomic E-state index is 0.0213. The highest BCUT2D eigenvalue weighted by molar-refractivity contribution is 7.86. The van der Waals surface area contributed by atoms with Gasteiger partial charge in [-0.1, -0.05) is 18.9 Å². The number of halogens is 1. The monoisotopic (exact) mass is 585 g/mol. The van der Waals surface area contributed by atoms with Gasteiger partial charge in [0.2, 0.25) is 24.5 Å². The predicted molar refractivity (Wildman–Crippen MR) is 150 cm³/mol. The van der Waals surface area contributed by atoms with Crippen molar-refractivity contribution in [2.75, 3.05) is 28.5 Å². The van der Waals surface area contributed by atoms with Crippen molar-refractivity contribution in [3.63, 3.8) is 0 Å². The van der Waals surface area contributed by atoms with E-state index >= 15 is 0 Å². The van der Waals surface area contributed by atoms with Crippen molar-refractivity contribution in [2.24, 2.45) is 0 Å². The number of nitrogens with one attached hydrogen (secondary N) is 2. The Hall–Kier alpha value is -3.77. The summed E-state index contributed by atoms with van der Waals surface area (Å²) in [5, 5.41) is 7.47. The summed E-state index contributed by atoms with van der Waals surface area (Å²) in [6.45, 7) is 0.0381. The summed E-state index contributed by atoms with van der Waals surface area (Å²) in [5.74, 6) is -1.96. The van der Waals surface area contributed by atoms with Gasteiger partial charge in [0.1, 0.15) is 23.4 Å². The number of nitrogens with zero attached hydrogens (tertiary/aromatic N) is 1. The number of hydrogen-bond donors (Lipinski definition) is 2. The molecule has 2 heterocycles. The first-order valence-corrected chi connectivity index (χ1v) is 15.2. The Labute approximate surface area is 237 Å². The summed E-state index contributed by atoms with van der Waals surface area (Å²) in [5.41, 5.74) is 0.722. The molecule has 3 amide bonds. The predicted octanol–water partition coefficient (Wildman–Crippen LogP) is 4.14. The molecule has 40 heavy (non-hydrogen) atoms. The molecule has 5 rings (SSSR count). The normalized spacial score (nSPS) is 15.8. The largest absolute Gasteiger partial charge is 0.454 e. The number of hydrogen-bond acceptors (Lipinski definition) is 7. The van der Waals surface area contributed by atoms with Gasteiger partial charge in [0.05, 0.1) is 0 Å².